The highest BCUT2D eigenvalue weighted by Gasteiger charge is 2.17. The molecule has 1 aliphatic heterocycles. The molecular formula is C11H15FN2. The summed E-state index contributed by atoms with van der Waals surface area (Å²) in [4.78, 5) is 0. The number of hydrogen-bond donors (Lipinski definition) is 1. The number of para-hydroxylation sites is 1. The zero-order valence-electron chi connectivity index (χ0n) is 8.12. The van der Waals surface area contributed by atoms with Gasteiger partial charge in [-0.1, -0.05) is 18.2 Å². The van der Waals surface area contributed by atoms with Crippen LogP contribution in [0.3, 0.4) is 0 Å². The summed E-state index contributed by atoms with van der Waals surface area (Å²) < 4.78 is 12.8. The molecule has 1 fully saturated rings. The lowest BCUT2D eigenvalue weighted by Gasteiger charge is -2.29. The van der Waals surface area contributed by atoms with E-state index in [-0.39, 0.29) is 0 Å². The molecule has 0 saturated carbocycles. The predicted octanol–water partition coefficient (Wildman–Crippen LogP) is 2.45. The number of alkyl halides is 1. The summed E-state index contributed by atoms with van der Waals surface area (Å²) in [5.74, 6) is 0. The van der Waals surface area contributed by atoms with Crippen LogP contribution in [0.15, 0.2) is 30.3 Å². The van der Waals surface area contributed by atoms with Crippen LogP contribution in [0.4, 0.5) is 10.1 Å². The van der Waals surface area contributed by atoms with Gasteiger partial charge < -0.3 is 5.43 Å². The minimum atomic E-state index is -0.608. The molecule has 76 valence electrons. The summed E-state index contributed by atoms with van der Waals surface area (Å²) in [5, 5.41) is 2.07. The van der Waals surface area contributed by atoms with Crippen molar-refractivity contribution in [3.8, 4) is 0 Å². The molecule has 0 unspecified atom stereocenters. The van der Waals surface area contributed by atoms with Gasteiger partial charge in [0, 0.05) is 18.8 Å². The van der Waals surface area contributed by atoms with Crippen molar-refractivity contribution in [1.29, 1.82) is 0 Å². The molecule has 1 aromatic carbocycles. The first kappa shape index (κ1) is 9.46. The molecule has 0 spiro atoms. The molecule has 14 heavy (non-hydrogen) atoms. The third-order valence-corrected chi connectivity index (χ3v) is 2.49. The van der Waals surface area contributed by atoms with Gasteiger partial charge in [-0.25, -0.2) is 9.40 Å². The molecule has 1 N–H and O–H groups in total. The van der Waals surface area contributed by atoms with Gasteiger partial charge >= 0.3 is 0 Å². The summed E-state index contributed by atoms with van der Waals surface area (Å²) >= 11 is 0. The molecule has 0 atom stereocenters. The second-order valence-electron chi connectivity index (χ2n) is 3.64. The third-order valence-electron chi connectivity index (χ3n) is 2.49. The Bertz CT molecular complexity index is 268. The maximum Gasteiger partial charge on any atom is 0.103 e. The Labute approximate surface area is 83.7 Å². The largest absolute Gasteiger partial charge is 0.319 e. The number of hydrazine groups is 1. The average Bonchev–Trinajstić information content (AvgIpc) is 2.23. The van der Waals surface area contributed by atoms with Crippen molar-refractivity contribution >= 4 is 5.69 Å². The number of rotatable bonds is 2. The van der Waals surface area contributed by atoms with Gasteiger partial charge in [0.15, 0.2) is 0 Å². The Morgan fingerprint density at radius 2 is 1.79 bits per heavy atom. The Balaban J connectivity index is 1.87. The van der Waals surface area contributed by atoms with E-state index in [0.29, 0.717) is 12.8 Å². The fourth-order valence-electron chi connectivity index (χ4n) is 1.66. The van der Waals surface area contributed by atoms with E-state index >= 15 is 0 Å². The molecule has 1 aromatic rings. The van der Waals surface area contributed by atoms with E-state index in [0.717, 1.165) is 18.8 Å². The van der Waals surface area contributed by atoms with Gasteiger partial charge in [0.1, 0.15) is 6.17 Å². The van der Waals surface area contributed by atoms with Crippen molar-refractivity contribution in [2.24, 2.45) is 0 Å². The van der Waals surface area contributed by atoms with Gasteiger partial charge in [-0.05, 0) is 25.0 Å². The van der Waals surface area contributed by atoms with Gasteiger partial charge in [-0.15, -0.1) is 0 Å². The highest BCUT2D eigenvalue weighted by atomic mass is 19.1. The number of nitrogens with zero attached hydrogens (tertiary/aromatic N) is 1. The number of benzene rings is 1. The third kappa shape index (κ3) is 2.45. The van der Waals surface area contributed by atoms with Crippen molar-refractivity contribution in [3.05, 3.63) is 30.3 Å². The van der Waals surface area contributed by atoms with Gasteiger partial charge in [0.2, 0.25) is 0 Å². The zero-order valence-corrected chi connectivity index (χ0v) is 8.12. The van der Waals surface area contributed by atoms with Crippen molar-refractivity contribution in [2.45, 2.75) is 19.0 Å². The lowest BCUT2D eigenvalue weighted by molar-refractivity contribution is 0.173. The molecule has 0 aliphatic carbocycles. The van der Waals surface area contributed by atoms with Crippen molar-refractivity contribution in [2.75, 3.05) is 18.5 Å². The molecule has 0 radical (unpaired) electrons. The molecule has 1 saturated heterocycles. The second-order valence-corrected chi connectivity index (χ2v) is 3.64. The van der Waals surface area contributed by atoms with Gasteiger partial charge in [-0.2, -0.15) is 0 Å². The quantitative estimate of drug-likeness (QED) is 0.778. The highest BCUT2D eigenvalue weighted by Crippen LogP contribution is 2.14. The molecule has 1 heterocycles. The zero-order chi connectivity index (χ0) is 9.80. The van der Waals surface area contributed by atoms with Crippen molar-refractivity contribution in [3.63, 3.8) is 0 Å². The van der Waals surface area contributed by atoms with Gasteiger partial charge in [0.05, 0.1) is 0 Å². The Kier molecular flexibility index (Phi) is 2.99. The van der Waals surface area contributed by atoms with Crippen LogP contribution >= 0.6 is 0 Å². The Hall–Kier alpha value is -1.09. The summed E-state index contributed by atoms with van der Waals surface area (Å²) in [6.07, 6.45) is 0.670. The summed E-state index contributed by atoms with van der Waals surface area (Å²) in [6, 6.07) is 10.00. The first-order chi connectivity index (χ1) is 6.84. The average molecular weight is 194 g/mol. The van der Waals surface area contributed by atoms with E-state index in [1.54, 1.807) is 0 Å². The van der Waals surface area contributed by atoms with Crippen molar-refractivity contribution in [1.82, 2.24) is 5.01 Å². The predicted molar refractivity (Wildman–Crippen MR) is 55.8 cm³/mol. The molecule has 2 nitrogen and oxygen atoms in total. The number of nitrogens with one attached hydrogen (secondary N) is 1. The number of halogens is 1. The first-order valence-corrected chi connectivity index (χ1v) is 5.05. The van der Waals surface area contributed by atoms with Crippen molar-refractivity contribution < 1.29 is 4.39 Å². The smallest absolute Gasteiger partial charge is 0.103 e. The normalized spacial score (nSPS) is 19.5. The van der Waals surface area contributed by atoms with E-state index in [1.165, 1.54) is 0 Å². The molecule has 0 bridgehead atoms. The maximum atomic E-state index is 12.8. The topological polar surface area (TPSA) is 15.3 Å². The lowest BCUT2D eigenvalue weighted by Crippen LogP contribution is -2.38. The Morgan fingerprint density at radius 1 is 1.14 bits per heavy atom. The molecule has 3 heteroatoms. The van der Waals surface area contributed by atoms with Crippen LogP contribution < -0.4 is 5.43 Å². The fraction of sp³-hybridized carbons (Fsp3) is 0.455. The lowest BCUT2D eigenvalue weighted by atomic mass is 10.1. The van der Waals surface area contributed by atoms with Crippen LogP contribution in [0.2, 0.25) is 0 Å². The summed E-state index contributed by atoms with van der Waals surface area (Å²) in [6.45, 7) is 1.58. The van der Waals surface area contributed by atoms with E-state index in [9.17, 15) is 4.39 Å². The standard InChI is InChI=1S/C11H15FN2/c12-10-6-8-14(9-7-10)13-11-4-2-1-3-5-11/h1-5,10,13H,6-9H2. The summed E-state index contributed by atoms with van der Waals surface area (Å²) in [7, 11) is 0. The van der Waals surface area contributed by atoms with Crippen LogP contribution in [0, 0.1) is 0 Å². The fourth-order valence-corrected chi connectivity index (χ4v) is 1.66. The Morgan fingerprint density at radius 3 is 2.43 bits per heavy atom. The molecular weight excluding hydrogens is 179 g/mol. The van der Waals surface area contributed by atoms with E-state index in [1.807, 2.05) is 30.3 Å². The summed E-state index contributed by atoms with van der Waals surface area (Å²) in [5.41, 5.74) is 4.34. The van der Waals surface area contributed by atoms with Crippen LogP contribution in [0.5, 0.6) is 0 Å². The maximum absolute atomic E-state index is 12.8. The SMILES string of the molecule is FC1CCN(Nc2ccccc2)CC1. The molecule has 1 aliphatic rings. The van der Waals surface area contributed by atoms with E-state index in [4.69, 9.17) is 0 Å². The van der Waals surface area contributed by atoms with E-state index < -0.39 is 6.17 Å². The number of piperidine rings is 1. The molecule has 0 aromatic heterocycles. The minimum Gasteiger partial charge on any atom is -0.319 e. The van der Waals surface area contributed by atoms with Gasteiger partial charge in [0.25, 0.3) is 0 Å². The highest BCUT2D eigenvalue weighted by molar-refractivity contribution is 5.41. The van der Waals surface area contributed by atoms with Crippen LogP contribution in [-0.2, 0) is 0 Å². The monoisotopic (exact) mass is 194 g/mol. The number of anilines is 1. The van der Waals surface area contributed by atoms with Crippen LogP contribution in [0.1, 0.15) is 12.8 Å². The molecule has 0 amide bonds. The van der Waals surface area contributed by atoms with Gasteiger partial charge in [-0.3, -0.25) is 0 Å². The molecule has 2 rings (SSSR count). The van der Waals surface area contributed by atoms with Crippen LogP contribution in [0.25, 0.3) is 0 Å². The second kappa shape index (κ2) is 4.42. The number of hydrogen-bond acceptors (Lipinski definition) is 2. The van der Waals surface area contributed by atoms with E-state index in [2.05, 4.69) is 10.4 Å². The first-order valence-electron chi connectivity index (χ1n) is 5.05. The van der Waals surface area contributed by atoms with Crippen LogP contribution in [-0.4, -0.2) is 24.3 Å². The minimum absolute atomic E-state index is 0.608.